The number of carbonyl (C=O) groups excluding carboxylic acids is 1. The molecular weight excluding hydrogens is 168 g/mol. The van der Waals surface area contributed by atoms with Crippen LogP contribution >= 0.6 is 0 Å². The molecule has 4 heteroatoms. The van der Waals surface area contributed by atoms with Gasteiger partial charge in [0.2, 0.25) is 5.91 Å². The summed E-state index contributed by atoms with van der Waals surface area (Å²) in [5.41, 5.74) is 0. The predicted molar refractivity (Wildman–Crippen MR) is 52.1 cm³/mol. The van der Waals surface area contributed by atoms with Gasteiger partial charge in [-0.15, -0.1) is 6.58 Å². The van der Waals surface area contributed by atoms with E-state index < -0.39 is 6.23 Å². The van der Waals surface area contributed by atoms with Crippen LogP contribution in [0.5, 0.6) is 0 Å². The fraction of sp³-hybridized carbons (Fsp3) is 0.667. The number of rotatable bonds is 7. The van der Waals surface area contributed by atoms with Crippen molar-refractivity contribution >= 4 is 5.91 Å². The normalized spacial score (nSPS) is 12.2. The van der Waals surface area contributed by atoms with Gasteiger partial charge in [-0.2, -0.15) is 0 Å². The van der Waals surface area contributed by atoms with E-state index in [1.165, 1.54) is 0 Å². The van der Waals surface area contributed by atoms with Crippen molar-refractivity contribution in [2.45, 2.75) is 26.0 Å². The van der Waals surface area contributed by atoms with Crippen LogP contribution in [0, 0.1) is 0 Å². The lowest BCUT2D eigenvalue weighted by atomic mass is 10.3. The molecule has 0 bridgehead atoms. The average molecular weight is 186 g/mol. The summed E-state index contributed by atoms with van der Waals surface area (Å²) in [4.78, 5) is 10.9. The summed E-state index contributed by atoms with van der Waals surface area (Å²) in [7, 11) is 0. The average Bonchev–Trinajstić information content (AvgIpc) is 2.12. The smallest absolute Gasteiger partial charge is 0.234 e. The summed E-state index contributed by atoms with van der Waals surface area (Å²) in [6.45, 7) is 6.17. The van der Waals surface area contributed by atoms with E-state index in [-0.39, 0.29) is 12.5 Å². The Bertz CT molecular complexity index is 160. The second-order valence-corrected chi connectivity index (χ2v) is 2.72. The van der Waals surface area contributed by atoms with Gasteiger partial charge in [0.05, 0.1) is 6.54 Å². The van der Waals surface area contributed by atoms with Crippen molar-refractivity contribution in [2.75, 3.05) is 13.1 Å². The monoisotopic (exact) mass is 186 g/mol. The zero-order valence-electron chi connectivity index (χ0n) is 8.05. The lowest BCUT2D eigenvalue weighted by Crippen LogP contribution is -2.38. The van der Waals surface area contributed by atoms with Crippen molar-refractivity contribution in [2.24, 2.45) is 0 Å². The Morgan fingerprint density at radius 1 is 1.69 bits per heavy atom. The third-order valence-corrected chi connectivity index (χ3v) is 1.52. The van der Waals surface area contributed by atoms with E-state index in [1.54, 1.807) is 6.08 Å². The molecule has 0 aliphatic heterocycles. The fourth-order valence-electron chi connectivity index (χ4n) is 0.848. The Morgan fingerprint density at radius 3 is 2.92 bits per heavy atom. The molecule has 1 atom stereocenters. The van der Waals surface area contributed by atoms with Crippen LogP contribution in [0.25, 0.3) is 0 Å². The maximum Gasteiger partial charge on any atom is 0.234 e. The van der Waals surface area contributed by atoms with Crippen molar-refractivity contribution in [1.29, 1.82) is 0 Å². The van der Waals surface area contributed by atoms with Gasteiger partial charge >= 0.3 is 0 Å². The topological polar surface area (TPSA) is 61.4 Å². The minimum absolute atomic E-state index is 0.0971. The quantitative estimate of drug-likeness (QED) is 0.387. The van der Waals surface area contributed by atoms with Gasteiger partial charge in [-0.25, -0.2) is 0 Å². The molecule has 4 nitrogen and oxygen atoms in total. The molecule has 3 N–H and O–H groups in total. The first-order chi connectivity index (χ1) is 6.20. The fourth-order valence-corrected chi connectivity index (χ4v) is 0.848. The zero-order chi connectivity index (χ0) is 10.1. The number of aliphatic hydroxyl groups is 1. The molecule has 0 rings (SSSR count). The van der Waals surface area contributed by atoms with Crippen molar-refractivity contribution in [1.82, 2.24) is 10.6 Å². The van der Waals surface area contributed by atoms with Crippen LogP contribution in [-0.2, 0) is 4.79 Å². The van der Waals surface area contributed by atoms with Crippen LogP contribution in [0.2, 0.25) is 0 Å². The van der Waals surface area contributed by atoms with Gasteiger partial charge in [-0.05, 0) is 19.8 Å². The molecule has 0 aliphatic carbocycles. The third-order valence-electron chi connectivity index (χ3n) is 1.52. The highest BCUT2D eigenvalue weighted by molar-refractivity contribution is 5.77. The van der Waals surface area contributed by atoms with E-state index in [9.17, 15) is 9.90 Å². The summed E-state index contributed by atoms with van der Waals surface area (Å²) in [6.07, 6.45) is 2.43. The molecule has 0 spiro atoms. The van der Waals surface area contributed by atoms with E-state index in [2.05, 4.69) is 17.2 Å². The highest BCUT2D eigenvalue weighted by Crippen LogP contribution is 1.92. The molecule has 1 unspecified atom stereocenters. The van der Waals surface area contributed by atoms with Crippen LogP contribution in [0.4, 0.5) is 0 Å². The molecule has 76 valence electrons. The van der Waals surface area contributed by atoms with Crippen molar-refractivity contribution in [3.05, 3.63) is 12.7 Å². The molecule has 0 saturated carbocycles. The highest BCUT2D eigenvalue weighted by Gasteiger charge is 2.04. The third kappa shape index (κ3) is 7.49. The Hall–Kier alpha value is -0.870. The van der Waals surface area contributed by atoms with Gasteiger partial charge in [0.1, 0.15) is 6.23 Å². The van der Waals surface area contributed by atoms with E-state index in [0.717, 1.165) is 6.42 Å². The first kappa shape index (κ1) is 12.1. The number of amides is 1. The second kappa shape index (κ2) is 7.76. The van der Waals surface area contributed by atoms with E-state index >= 15 is 0 Å². The summed E-state index contributed by atoms with van der Waals surface area (Å²) in [5.74, 6) is -0.0971. The largest absolute Gasteiger partial charge is 0.379 e. The van der Waals surface area contributed by atoms with Gasteiger partial charge in [-0.1, -0.05) is 6.08 Å². The van der Waals surface area contributed by atoms with Crippen LogP contribution in [0.1, 0.15) is 19.8 Å². The maximum absolute atomic E-state index is 10.9. The summed E-state index contributed by atoms with van der Waals surface area (Å²) in [6, 6.07) is 0. The van der Waals surface area contributed by atoms with Gasteiger partial charge in [0, 0.05) is 6.54 Å². The van der Waals surface area contributed by atoms with Gasteiger partial charge in [0.25, 0.3) is 0 Å². The molecule has 1 amide bonds. The maximum atomic E-state index is 10.9. The predicted octanol–water partition coefficient (Wildman–Crippen LogP) is -0.00330. The number of carbonyl (C=O) groups is 1. The molecule has 0 aliphatic rings. The zero-order valence-corrected chi connectivity index (χ0v) is 8.05. The SMILES string of the molecule is C=CCCC(O)NCC(=O)NCC. The highest BCUT2D eigenvalue weighted by atomic mass is 16.3. The van der Waals surface area contributed by atoms with Crippen LogP contribution in [-0.4, -0.2) is 30.3 Å². The summed E-state index contributed by atoms with van der Waals surface area (Å²) < 4.78 is 0. The molecule has 0 aromatic heterocycles. The number of aliphatic hydroxyl groups excluding tert-OH is 1. The Morgan fingerprint density at radius 2 is 2.38 bits per heavy atom. The summed E-state index contributed by atoms with van der Waals surface area (Å²) >= 11 is 0. The Labute approximate surface area is 79.0 Å². The molecule has 0 fully saturated rings. The van der Waals surface area contributed by atoms with Gasteiger partial charge < -0.3 is 10.4 Å². The van der Waals surface area contributed by atoms with Crippen LogP contribution < -0.4 is 10.6 Å². The molecule has 0 radical (unpaired) electrons. The first-order valence-corrected chi connectivity index (χ1v) is 4.49. The summed E-state index contributed by atoms with van der Waals surface area (Å²) in [5, 5.41) is 14.6. The van der Waals surface area contributed by atoms with E-state index in [1.807, 2.05) is 6.92 Å². The number of hydrogen-bond donors (Lipinski definition) is 3. The standard InChI is InChI=1S/C9H18N2O2/c1-3-5-6-8(12)11-7-9(13)10-4-2/h3,8,11-12H,1,4-7H2,2H3,(H,10,13). The lowest BCUT2D eigenvalue weighted by Gasteiger charge is -2.10. The molecule has 0 heterocycles. The molecule has 0 aromatic carbocycles. The number of nitrogens with one attached hydrogen (secondary N) is 2. The molecule has 13 heavy (non-hydrogen) atoms. The lowest BCUT2D eigenvalue weighted by molar-refractivity contribution is -0.120. The van der Waals surface area contributed by atoms with Crippen LogP contribution in [0.3, 0.4) is 0 Å². The minimum atomic E-state index is -0.624. The molecular formula is C9H18N2O2. The van der Waals surface area contributed by atoms with Crippen molar-refractivity contribution < 1.29 is 9.90 Å². The van der Waals surface area contributed by atoms with E-state index in [4.69, 9.17) is 0 Å². The van der Waals surface area contributed by atoms with Crippen molar-refractivity contribution in [3.8, 4) is 0 Å². The van der Waals surface area contributed by atoms with Crippen LogP contribution in [0.15, 0.2) is 12.7 Å². The van der Waals surface area contributed by atoms with Gasteiger partial charge in [-0.3, -0.25) is 10.1 Å². The number of allylic oxidation sites excluding steroid dienone is 1. The van der Waals surface area contributed by atoms with Crippen molar-refractivity contribution in [3.63, 3.8) is 0 Å². The molecule has 0 saturated heterocycles. The number of hydrogen-bond acceptors (Lipinski definition) is 3. The second-order valence-electron chi connectivity index (χ2n) is 2.72. The first-order valence-electron chi connectivity index (χ1n) is 4.49. The van der Waals surface area contributed by atoms with Gasteiger partial charge in [0.15, 0.2) is 0 Å². The minimum Gasteiger partial charge on any atom is -0.379 e. The molecule has 0 aromatic rings. The number of likely N-dealkylation sites (N-methyl/N-ethyl adjacent to an activating group) is 1. The Kier molecular flexibility index (Phi) is 7.24. The van der Waals surface area contributed by atoms with E-state index in [0.29, 0.717) is 13.0 Å². The Balaban J connectivity index is 3.39.